The molecule has 1 aromatic heterocycles. The van der Waals surface area contributed by atoms with Crippen molar-refractivity contribution in [3.05, 3.63) is 66.0 Å². The molecule has 3 aromatic rings. The number of fused-ring (bicyclic) bond motifs is 1. The Bertz CT molecular complexity index is 1230. The molecule has 4 rings (SSSR count). The number of carbonyl (C=O) groups is 1. The van der Waals surface area contributed by atoms with Crippen LogP contribution in [-0.4, -0.2) is 45.2 Å². The van der Waals surface area contributed by atoms with Gasteiger partial charge in [-0.3, -0.25) is 9.89 Å². The minimum Gasteiger partial charge on any atom is -0.508 e. The van der Waals surface area contributed by atoms with Crippen LogP contribution in [0.15, 0.2) is 54.8 Å². The molecule has 1 aliphatic heterocycles. The first-order valence-electron chi connectivity index (χ1n) is 12.4. The summed E-state index contributed by atoms with van der Waals surface area (Å²) in [5, 5.41) is 21.8. The maximum absolute atomic E-state index is 12.3. The number of carbonyl (C=O) groups excluding carboxylic acids is 1. The topological polar surface area (TPSA) is 107 Å². The molecule has 0 saturated carbocycles. The van der Waals surface area contributed by atoms with E-state index in [9.17, 15) is 9.90 Å². The molecule has 7 nitrogen and oxygen atoms in total. The summed E-state index contributed by atoms with van der Waals surface area (Å²) < 4.78 is 0. The van der Waals surface area contributed by atoms with E-state index in [1.165, 1.54) is 0 Å². The highest BCUT2D eigenvalue weighted by atomic mass is 16.3. The standard InChI is InChI=1S/C26H31N5O2.C2H6/c1-4-17-14-20(32)7-9-21(17)18-6-8-22-24(15-18)29-30-25(22)16(3)28-19-10-12-31(13-11-19)26(33)23(27)5-2;1-2/h6-10,14-15,23,28,32H,3-5,11-13,27H2,1-2H3,(H,29,30);1-2H3. The number of nitrogens with two attached hydrogens (primary N) is 1. The van der Waals surface area contributed by atoms with Gasteiger partial charge in [0.1, 0.15) is 11.4 Å². The van der Waals surface area contributed by atoms with Crippen LogP contribution in [0.1, 0.15) is 51.8 Å². The molecular formula is C28H37N5O2. The van der Waals surface area contributed by atoms with Crippen LogP contribution in [0.4, 0.5) is 0 Å². The van der Waals surface area contributed by atoms with Crippen molar-refractivity contribution < 1.29 is 9.90 Å². The van der Waals surface area contributed by atoms with E-state index < -0.39 is 6.04 Å². The first-order valence-corrected chi connectivity index (χ1v) is 12.4. The Labute approximate surface area is 207 Å². The number of aromatic nitrogens is 2. The number of benzene rings is 2. The summed E-state index contributed by atoms with van der Waals surface area (Å²) in [5.41, 5.74) is 12.6. The van der Waals surface area contributed by atoms with E-state index in [0.717, 1.165) is 45.4 Å². The van der Waals surface area contributed by atoms with Crippen LogP contribution in [0.2, 0.25) is 0 Å². The van der Waals surface area contributed by atoms with Crippen molar-refractivity contribution in [3.63, 3.8) is 0 Å². The first-order chi connectivity index (χ1) is 16.9. The summed E-state index contributed by atoms with van der Waals surface area (Å²) in [5.74, 6) is 0.279. The van der Waals surface area contributed by atoms with E-state index in [1.807, 2.05) is 45.0 Å². The first kappa shape index (κ1) is 26.0. The zero-order chi connectivity index (χ0) is 25.5. The third-order valence-electron chi connectivity index (χ3n) is 6.22. The fourth-order valence-corrected chi connectivity index (χ4v) is 4.22. The maximum Gasteiger partial charge on any atom is 0.239 e. The van der Waals surface area contributed by atoms with Crippen LogP contribution in [0, 0.1) is 0 Å². The number of aryl methyl sites for hydroxylation is 1. The Hall–Kier alpha value is -3.58. The molecule has 0 bridgehead atoms. The van der Waals surface area contributed by atoms with Gasteiger partial charge in [-0.05, 0) is 59.9 Å². The molecule has 1 unspecified atom stereocenters. The van der Waals surface area contributed by atoms with Crippen LogP contribution < -0.4 is 11.1 Å². The van der Waals surface area contributed by atoms with Gasteiger partial charge in [-0.1, -0.05) is 46.4 Å². The van der Waals surface area contributed by atoms with Crippen molar-refractivity contribution in [2.45, 2.75) is 53.0 Å². The molecule has 5 N–H and O–H groups in total. The lowest BCUT2D eigenvalue weighted by Gasteiger charge is -2.29. The third-order valence-corrected chi connectivity index (χ3v) is 6.22. The highest BCUT2D eigenvalue weighted by Crippen LogP contribution is 2.31. The Kier molecular flexibility index (Phi) is 8.71. The number of rotatable bonds is 7. The normalized spacial score (nSPS) is 14.1. The fourth-order valence-electron chi connectivity index (χ4n) is 4.22. The minimum atomic E-state index is -0.432. The van der Waals surface area contributed by atoms with Gasteiger partial charge in [-0.15, -0.1) is 0 Å². The predicted molar refractivity (Wildman–Crippen MR) is 144 cm³/mol. The van der Waals surface area contributed by atoms with Crippen molar-refractivity contribution in [1.82, 2.24) is 20.4 Å². The second-order valence-corrected chi connectivity index (χ2v) is 8.41. The molecule has 0 saturated heterocycles. The van der Waals surface area contributed by atoms with Crippen molar-refractivity contribution >= 4 is 22.5 Å². The Balaban J connectivity index is 0.00000167. The number of phenols is 1. The zero-order valence-corrected chi connectivity index (χ0v) is 21.2. The Morgan fingerprint density at radius 2 is 2.03 bits per heavy atom. The number of hydrogen-bond acceptors (Lipinski definition) is 5. The lowest BCUT2D eigenvalue weighted by molar-refractivity contribution is -0.132. The highest BCUT2D eigenvalue weighted by molar-refractivity contribution is 5.92. The molecule has 0 radical (unpaired) electrons. The van der Waals surface area contributed by atoms with Crippen LogP contribution >= 0.6 is 0 Å². The molecule has 1 amide bonds. The van der Waals surface area contributed by atoms with E-state index in [2.05, 4.69) is 41.1 Å². The van der Waals surface area contributed by atoms with Gasteiger partial charge in [0, 0.05) is 30.6 Å². The van der Waals surface area contributed by atoms with Crippen LogP contribution in [0.5, 0.6) is 5.75 Å². The summed E-state index contributed by atoms with van der Waals surface area (Å²) in [7, 11) is 0. The number of hydrogen-bond donors (Lipinski definition) is 4. The van der Waals surface area contributed by atoms with Gasteiger partial charge in [-0.25, -0.2) is 0 Å². The summed E-state index contributed by atoms with van der Waals surface area (Å²) in [6, 6.07) is 11.2. The van der Waals surface area contributed by atoms with Crippen LogP contribution in [-0.2, 0) is 11.2 Å². The van der Waals surface area contributed by atoms with Gasteiger partial charge in [0.2, 0.25) is 5.91 Å². The predicted octanol–water partition coefficient (Wildman–Crippen LogP) is 4.94. The van der Waals surface area contributed by atoms with Crippen LogP contribution in [0.3, 0.4) is 0 Å². The molecule has 35 heavy (non-hydrogen) atoms. The van der Waals surface area contributed by atoms with Gasteiger partial charge in [-0.2, -0.15) is 5.10 Å². The highest BCUT2D eigenvalue weighted by Gasteiger charge is 2.22. The quantitative estimate of drug-likeness (QED) is 0.387. The Morgan fingerprint density at radius 3 is 2.69 bits per heavy atom. The number of aromatic amines is 1. The van der Waals surface area contributed by atoms with Crippen molar-refractivity contribution in [3.8, 4) is 16.9 Å². The van der Waals surface area contributed by atoms with E-state index in [4.69, 9.17) is 5.73 Å². The van der Waals surface area contributed by atoms with Crippen LogP contribution in [0.25, 0.3) is 27.7 Å². The largest absolute Gasteiger partial charge is 0.508 e. The summed E-state index contributed by atoms with van der Waals surface area (Å²) in [6.07, 6.45) is 4.20. The van der Waals surface area contributed by atoms with E-state index in [-0.39, 0.29) is 11.7 Å². The van der Waals surface area contributed by atoms with Gasteiger partial charge in [0.05, 0.1) is 17.3 Å². The van der Waals surface area contributed by atoms with E-state index >= 15 is 0 Å². The molecule has 2 aromatic carbocycles. The molecular weight excluding hydrogens is 438 g/mol. The molecule has 0 fully saturated rings. The monoisotopic (exact) mass is 475 g/mol. The zero-order valence-electron chi connectivity index (χ0n) is 21.2. The number of nitrogens with zero attached hydrogens (tertiary/aromatic N) is 2. The SMILES string of the molecule is C=C(NC1=CCN(C(=O)C(N)CC)CC1)c1n[nH]c2cc(-c3ccc(O)cc3CC)ccc12.CC. The van der Waals surface area contributed by atoms with Crippen molar-refractivity contribution in [2.75, 3.05) is 13.1 Å². The maximum atomic E-state index is 12.3. The summed E-state index contributed by atoms with van der Waals surface area (Å²) in [4.78, 5) is 14.1. The molecule has 0 aliphatic carbocycles. The van der Waals surface area contributed by atoms with Gasteiger partial charge in [0.25, 0.3) is 0 Å². The number of phenolic OH excluding ortho intramolecular Hbond substituents is 1. The Morgan fingerprint density at radius 1 is 1.26 bits per heavy atom. The minimum absolute atomic E-state index is 0.000542. The summed E-state index contributed by atoms with van der Waals surface area (Å²) >= 11 is 0. The lowest BCUT2D eigenvalue weighted by atomic mass is 9.96. The summed E-state index contributed by atoms with van der Waals surface area (Å²) in [6.45, 7) is 13.4. The second kappa shape index (κ2) is 11.7. The smallest absolute Gasteiger partial charge is 0.239 e. The van der Waals surface area contributed by atoms with Gasteiger partial charge >= 0.3 is 0 Å². The number of aromatic hydroxyl groups is 1. The molecule has 0 spiro atoms. The molecule has 7 heteroatoms. The lowest BCUT2D eigenvalue weighted by Crippen LogP contribution is -2.45. The fraction of sp³-hybridized carbons (Fsp3) is 0.357. The molecule has 1 aliphatic rings. The molecule has 1 atom stereocenters. The van der Waals surface area contributed by atoms with Gasteiger partial charge in [0.15, 0.2) is 0 Å². The van der Waals surface area contributed by atoms with E-state index in [1.54, 1.807) is 11.0 Å². The average Bonchev–Trinajstić information content (AvgIpc) is 3.32. The van der Waals surface area contributed by atoms with Crippen molar-refractivity contribution in [2.24, 2.45) is 5.73 Å². The molecule has 2 heterocycles. The van der Waals surface area contributed by atoms with E-state index in [0.29, 0.717) is 31.6 Å². The number of nitrogens with one attached hydrogen (secondary N) is 2. The molecule has 186 valence electrons. The second-order valence-electron chi connectivity index (χ2n) is 8.41. The average molecular weight is 476 g/mol. The number of H-pyrrole nitrogens is 1. The number of amides is 1. The third kappa shape index (κ3) is 5.74. The van der Waals surface area contributed by atoms with Gasteiger partial charge < -0.3 is 21.1 Å². The van der Waals surface area contributed by atoms with Crippen molar-refractivity contribution in [1.29, 1.82) is 0 Å².